The van der Waals surface area contributed by atoms with Gasteiger partial charge < -0.3 is 10.2 Å². The van der Waals surface area contributed by atoms with Gasteiger partial charge in [-0.15, -0.1) is 0 Å². The van der Waals surface area contributed by atoms with Gasteiger partial charge in [-0.25, -0.2) is 0 Å². The van der Waals surface area contributed by atoms with E-state index in [0.29, 0.717) is 5.69 Å². The number of hydrogen-bond donors (Lipinski definition) is 1. The summed E-state index contributed by atoms with van der Waals surface area (Å²) in [5.41, 5.74) is 0.832. The molecule has 0 bridgehead atoms. The molecule has 100 valence electrons. The van der Waals surface area contributed by atoms with E-state index >= 15 is 0 Å². The van der Waals surface area contributed by atoms with E-state index in [1.54, 1.807) is 7.05 Å². The highest BCUT2D eigenvalue weighted by atomic mass is 19.4. The Balaban J connectivity index is 2.35. The van der Waals surface area contributed by atoms with Crippen LogP contribution in [0.2, 0.25) is 0 Å². The molecule has 0 saturated carbocycles. The molecule has 0 spiro atoms. The van der Waals surface area contributed by atoms with Crippen molar-refractivity contribution in [3.8, 4) is 0 Å². The first-order valence-electron chi connectivity index (χ1n) is 6.16. The van der Waals surface area contributed by atoms with E-state index in [2.05, 4.69) is 5.32 Å². The molecule has 1 N–H and O–H groups in total. The Kier molecular flexibility index (Phi) is 3.68. The van der Waals surface area contributed by atoms with Crippen LogP contribution in [0.1, 0.15) is 24.8 Å². The molecule has 18 heavy (non-hydrogen) atoms. The van der Waals surface area contributed by atoms with Gasteiger partial charge in [0.25, 0.3) is 0 Å². The van der Waals surface area contributed by atoms with Crippen LogP contribution in [0, 0.1) is 0 Å². The maximum atomic E-state index is 12.7. The van der Waals surface area contributed by atoms with Crippen LogP contribution in [0.5, 0.6) is 0 Å². The van der Waals surface area contributed by atoms with Gasteiger partial charge in [0.1, 0.15) is 0 Å². The van der Waals surface area contributed by atoms with Crippen molar-refractivity contribution in [1.29, 1.82) is 0 Å². The quantitative estimate of drug-likeness (QED) is 0.869. The molecule has 0 unspecified atom stereocenters. The first-order valence-corrected chi connectivity index (χ1v) is 6.16. The Hall–Kier alpha value is -1.39. The van der Waals surface area contributed by atoms with Gasteiger partial charge in [-0.2, -0.15) is 13.2 Å². The fourth-order valence-electron chi connectivity index (χ4n) is 2.32. The van der Waals surface area contributed by atoms with Gasteiger partial charge >= 0.3 is 6.18 Å². The van der Waals surface area contributed by atoms with E-state index in [-0.39, 0.29) is 0 Å². The summed E-state index contributed by atoms with van der Waals surface area (Å²) in [5.74, 6) is 0. The van der Waals surface area contributed by atoms with Gasteiger partial charge in [0.15, 0.2) is 0 Å². The topological polar surface area (TPSA) is 15.3 Å². The molecule has 0 radical (unpaired) electrons. The summed E-state index contributed by atoms with van der Waals surface area (Å²) >= 11 is 0. The lowest BCUT2D eigenvalue weighted by Gasteiger charge is -2.31. The number of halogens is 3. The summed E-state index contributed by atoms with van der Waals surface area (Å²) < 4.78 is 38.2. The standard InChI is InChI=1S/C13H17F3N2/c1-17-11-6-5-10(13(14,15)16)9-12(11)18-7-3-2-4-8-18/h5-6,9,17H,2-4,7-8H2,1H3. The number of nitrogens with zero attached hydrogens (tertiary/aromatic N) is 1. The lowest BCUT2D eigenvalue weighted by Crippen LogP contribution is -2.30. The molecule has 5 heteroatoms. The van der Waals surface area contributed by atoms with Crippen molar-refractivity contribution < 1.29 is 13.2 Å². The molecule has 1 saturated heterocycles. The third-order valence-corrected chi connectivity index (χ3v) is 3.29. The van der Waals surface area contributed by atoms with Gasteiger partial charge in [0.2, 0.25) is 0 Å². The Morgan fingerprint density at radius 2 is 1.78 bits per heavy atom. The molecule has 1 fully saturated rings. The van der Waals surface area contributed by atoms with Crippen molar-refractivity contribution in [2.24, 2.45) is 0 Å². The SMILES string of the molecule is CNc1ccc(C(F)(F)F)cc1N1CCCCC1. The van der Waals surface area contributed by atoms with E-state index < -0.39 is 11.7 Å². The Morgan fingerprint density at radius 1 is 1.11 bits per heavy atom. The van der Waals surface area contributed by atoms with Crippen LogP contribution in [0.4, 0.5) is 24.5 Å². The summed E-state index contributed by atoms with van der Waals surface area (Å²) in [6.45, 7) is 1.66. The van der Waals surface area contributed by atoms with Gasteiger partial charge in [0.05, 0.1) is 16.9 Å². The van der Waals surface area contributed by atoms with Gasteiger partial charge in [-0.3, -0.25) is 0 Å². The largest absolute Gasteiger partial charge is 0.416 e. The predicted molar refractivity (Wildman–Crippen MR) is 67.1 cm³/mol. The van der Waals surface area contributed by atoms with Crippen LogP contribution in [0.25, 0.3) is 0 Å². The third-order valence-electron chi connectivity index (χ3n) is 3.29. The summed E-state index contributed by atoms with van der Waals surface area (Å²) in [4.78, 5) is 2.03. The lowest BCUT2D eigenvalue weighted by atomic mass is 10.1. The zero-order valence-corrected chi connectivity index (χ0v) is 10.3. The van der Waals surface area contributed by atoms with Crippen LogP contribution >= 0.6 is 0 Å². The normalized spacial score (nSPS) is 16.8. The van der Waals surface area contributed by atoms with Crippen molar-refractivity contribution in [1.82, 2.24) is 0 Å². The molecule has 2 rings (SSSR count). The molecule has 1 aliphatic heterocycles. The van der Waals surface area contributed by atoms with Crippen molar-refractivity contribution in [2.75, 3.05) is 30.4 Å². The minimum absolute atomic E-state index is 0.581. The fraction of sp³-hybridized carbons (Fsp3) is 0.538. The molecular weight excluding hydrogens is 241 g/mol. The van der Waals surface area contributed by atoms with Gasteiger partial charge in [-0.1, -0.05) is 0 Å². The van der Waals surface area contributed by atoms with Crippen LogP contribution in [-0.2, 0) is 6.18 Å². The second-order valence-corrected chi connectivity index (χ2v) is 4.53. The zero-order valence-electron chi connectivity index (χ0n) is 10.3. The number of alkyl halides is 3. The molecule has 1 aromatic rings. The van der Waals surface area contributed by atoms with Crippen molar-refractivity contribution in [3.05, 3.63) is 23.8 Å². The van der Waals surface area contributed by atoms with E-state index in [1.165, 1.54) is 12.1 Å². The van der Waals surface area contributed by atoms with Crippen LogP contribution < -0.4 is 10.2 Å². The van der Waals surface area contributed by atoms with Gasteiger partial charge in [0, 0.05) is 20.1 Å². The Bertz CT molecular complexity index is 409. The van der Waals surface area contributed by atoms with E-state index in [0.717, 1.165) is 44.1 Å². The summed E-state index contributed by atoms with van der Waals surface area (Å²) in [5, 5.41) is 2.96. The maximum absolute atomic E-state index is 12.7. The molecule has 1 heterocycles. The molecule has 1 aromatic carbocycles. The Labute approximate surface area is 105 Å². The van der Waals surface area contributed by atoms with Crippen molar-refractivity contribution >= 4 is 11.4 Å². The van der Waals surface area contributed by atoms with Crippen LogP contribution in [-0.4, -0.2) is 20.1 Å². The van der Waals surface area contributed by atoms with Crippen molar-refractivity contribution in [3.63, 3.8) is 0 Å². The molecule has 1 aliphatic rings. The minimum Gasteiger partial charge on any atom is -0.386 e. The molecule has 0 aromatic heterocycles. The molecular formula is C13H17F3N2. The van der Waals surface area contributed by atoms with E-state index in [4.69, 9.17) is 0 Å². The zero-order chi connectivity index (χ0) is 13.2. The molecule has 0 aliphatic carbocycles. The minimum atomic E-state index is -4.28. The second kappa shape index (κ2) is 5.08. The molecule has 0 atom stereocenters. The monoisotopic (exact) mass is 258 g/mol. The number of anilines is 2. The lowest BCUT2D eigenvalue weighted by molar-refractivity contribution is -0.137. The Morgan fingerprint density at radius 3 is 2.33 bits per heavy atom. The van der Waals surface area contributed by atoms with E-state index in [9.17, 15) is 13.2 Å². The fourth-order valence-corrected chi connectivity index (χ4v) is 2.32. The molecule has 2 nitrogen and oxygen atoms in total. The van der Waals surface area contributed by atoms with Crippen LogP contribution in [0.15, 0.2) is 18.2 Å². The maximum Gasteiger partial charge on any atom is 0.416 e. The number of nitrogens with one attached hydrogen (secondary N) is 1. The average Bonchev–Trinajstić information content (AvgIpc) is 2.38. The summed E-state index contributed by atoms with van der Waals surface area (Å²) in [6.07, 6.45) is -1.04. The first kappa shape index (κ1) is 13.1. The predicted octanol–water partition coefficient (Wildman–Crippen LogP) is 3.74. The smallest absolute Gasteiger partial charge is 0.386 e. The van der Waals surface area contributed by atoms with Crippen molar-refractivity contribution in [2.45, 2.75) is 25.4 Å². The number of piperidine rings is 1. The summed E-state index contributed by atoms with van der Waals surface area (Å²) in [7, 11) is 1.73. The highest BCUT2D eigenvalue weighted by Crippen LogP contribution is 2.36. The van der Waals surface area contributed by atoms with Gasteiger partial charge in [-0.05, 0) is 37.5 Å². The average molecular weight is 258 g/mol. The highest BCUT2D eigenvalue weighted by Gasteiger charge is 2.31. The third kappa shape index (κ3) is 2.71. The number of hydrogen-bond acceptors (Lipinski definition) is 2. The van der Waals surface area contributed by atoms with E-state index in [1.807, 2.05) is 4.90 Å². The first-order chi connectivity index (χ1) is 8.52. The van der Waals surface area contributed by atoms with Crippen LogP contribution in [0.3, 0.4) is 0 Å². The molecule has 0 amide bonds. The summed E-state index contributed by atoms with van der Waals surface area (Å²) in [6, 6.07) is 3.88. The second-order valence-electron chi connectivity index (χ2n) is 4.53. The highest BCUT2D eigenvalue weighted by molar-refractivity contribution is 5.71. The number of benzene rings is 1. The number of rotatable bonds is 2.